The largest absolute Gasteiger partial charge is 0.272 e. The van der Waals surface area contributed by atoms with Gasteiger partial charge in [-0.3, -0.25) is 4.68 Å². The second kappa shape index (κ2) is 4.38. The molecule has 0 N–H and O–H groups in total. The lowest BCUT2D eigenvalue weighted by molar-refractivity contribution is 0.660. The molecule has 0 aliphatic carbocycles. The van der Waals surface area contributed by atoms with E-state index in [-0.39, 0.29) is 0 Å². The molecule has 2 rings (SSSR count). The Balaban J connectivity index is 2.45. The first-order valence-electron chi connectivity index (χ1n) is 4.97. The number of rotatable bonds is 2. The van der Waals surface area contributed by atoms with Gasteiger partial charge in [-0.05, 0) is 19.1 Å². The van der Waals surface area contributed by atoms with Crippen molar-refractivity contribution in [2.45, 2.75) is 13.5 Å². The van der Waals surface area contributed by atoms with Crippen LogP contribution in [0.15, 0.2) is 30.6 Å². The van der Waals surface area contributed by atoms with Crippen LogP contribution in [0.4, 0.5) is 0 Å². The second-order valence-corrected chi connectivity index (χ2v) is 3.80. The molecule has 0 atom stereocenters. The minimum Gasteiger partial charge on any atom is -0.272 e. The van der Waals surface area contributed by atoms with E-state index in [4.69, 9.17) is 16.9 Å². The van der Waals surface area contributed by atoms with Gasteiger partial charge in [-0.1, -0.05) is 17.7 Å². The molecule has 0 fully saturated rings. The molecule has 0 aliphatic heterocycles. The standard InChI is InChI=1S/C12H10ClN3/c1-2-16-8-10(7-15-16)11-4-3-9(6-14)5-12(11)13/h3-5,7-8H,2H2,1H3. The lowest BCUT2D eigenvalue weighted by atomic mass is 10.1. The minimum atomic E-state index is 0.566. The van der Waals surface area contributed by atoms with Gasteiger partial charge in [0.25, 0.3) is 0 Å². The zero-order valence-corrected chi connectivity index (χ0v) is 9.57. The summed E-state index contributed by atoms with van der Waals surface area (Å²) in [6.45, 7) is 2.85. The van der Waals surface area contributed by atoms with Crippen molar-refractivity contribution in [1.29, 1.82) is 5.26 Å². The quantitative estimate of drug-likeness (QED) is 0.797. The Bertz CT molecular complexity index is 552. The molecular weight excluding hydrogens is 222 g/mol. The Kier molecular flexibility index (Phi) is 2.93. The lowest BCUT2D eigenvalue weighted by Crippen LogP contribution is -1.92. The van der Waals surface area contributed by atoms with E-state index in [1.54, 1.807) is 18.3 Å². The van der Waals surface area contributed by atoms with Gasteiger partial charge >= 0.3 is 0 Å². The van der Waals surface area contributed by atoms with Gasteiger partial charge in [-0.2, -0.15) is 10.4 Å². The van der Waals surface area contributed by atoms with Crippen molar-refractivity contribution in [2.24, 2.45) is 0 Å². The normalized spacial score (nSPS) is 10.1. The molecule has 0 radical (unpaired) electrons. The molecule has 0 aliphatic rings. The SMILES string of the molecule is CCn1cc(-c2ccc(C#N)cc2Cl)cn1. The molecule has 4 heteroatoms. The smallest absolute Gasteiger partial charge is 0.0992 e. The fourth-order valence-corrected chi connectivity index (χ4v) is 1.78. The highest BCUT2D eigenvalue weighted by molar-refractivity contribution is 6.33. The first-order chi connectivity index (χ1) is 7.74. The average Bonchev–Trinajstić information content (AvgIpc) is 2.77. The third-order valence-electron chi connectivity index (χ3n) is 2.37. The van der Waals surface area contributed by atoms with Crippen molar-refractivity contribution in [1.82, 2.24) is 9.78 Å². The second-order valence-electron chi connectivity index (χ2n) is 3.39. The fraction of sp³-hybridized carbons (Fsp3) is 0.167. The van der Waals surface area contributed by atoms with Crippen molar-refractivity contribution in [3.05, 3.63) is 41.2 Å². The highest BCUT2D eigenvalue weighted by Gasteiger charge is 2.06. The van der Waals surface area contributed by atoms with Crippen molar-refractivity contribution < 1.29 is 0 Å². The van der Waals surface area contributed by atoms with E-state index >= 15 is 0 Å². The molecule has 0 spiro atoms. The molecule has 0 saturated carbocycles. The molecule has 3 nitrogen and oxygen atoms in total. The van der Waals surface area contributed by atoms with Gasteiger partial charge in [0.2, 0.25) is 0 Å². The summed E-state index contributed by atoms with van der Waals surface area (Å²) < 4.78 is 1.84. The van der Waals surface area contributed by atoms with Gasteiger partial charge < -0.3 is 0 Å². The van der Waals surface area contributed by atoms with Gasteiger partial charge in [-0.15, -0.1) is 0 Å². The zero-order valence-electron chi connectivity index (χ0n) is 8.81. The van der Waals surface area contributed by atoms with Crippen LogP contribution in [-0.2, 0) is 6.54 Å². The van der Waals surface area contributed by atoms with Gasteiger partial charge in [0.05, 0.1) is 17.8 Å². The predicted molar refractivity (Wildman–Crippen MR) is 63.1 cm³/mol. The Morgan fingerprint density at radius 2 is 2.31 bits per heavy atom. The molecule has 0 unspecified atom stereocenters. The van der Waals surface area contributed by atoms with Crippen molar-refractivity contribution >= 4 is 11.6 Å². The minimum absolute atomic E-state index is 0.566. The number of aryl methyl sites for hydroxylation is 1. The van der Waals surface area contributed by atoms with Crippen LogP contribution in [0.25, 0.3) is 11.1 Å². The summed E-state index contributed by atoms with van der Waals surface area (Å²) in [6.07, 6.45) is 3.71. The maximum atomic E-state index is 8.74. The Morgan fingerprint density at radius 1 is 1.50 bits per heavy atom. The molecule has 0 amide bonds. The number of halogens is 1. The van der Waals surface area contributed by atoms with Crippen molar-refractivity contribution in [3.63, 3.8) is 0 Å². The van der Waals surface area contributed by atoms with Crippen LogP contribution in [0.3, 0.4) is 0 Å². The molecule has 1 aromatic heterocycles. The average molecular weight is 232 g/mol. The first-order valence-corrected chi connectivity index (χ1v) is 5.35. The van der Waals surface area contributed by atoms with E-state index in [9.17, 15) is 0 Å². The van der Waals surface area contributed by atoms with E-state index in [2.05, 4.69) is 11.2 Å². The predicted octanol–water partition coefficient (Wildman–Crippen LogP) is 3.10. The van der Waals surface area contributed by atoms with Crippen molar-refractivity contribution in [2.75, 3.05) is 0 Å². The first kappa shape index (κ1) is 10.7. The fourth-order valence-electron chi connectivity index (χ4n) is 1.49. The van der Waals surface area contributed by atoms with E-state index in [0.717, 1.165) is 17.7 Å². The molecule has 1 aromatic carbocycles. The number of nitrogens with zero attached hydrogens (tertiary/aromatic N) is 3. The topological polar surface area (TPSA) is 41.6 Å². The van der Waals surface area contributed by atoms with Gasteiger partial charge in [0, 0.05) is 28.9 Å². The summed E-state index contributed by atoms with van der Waals surface area (Å²) in [4.78, 5) is 0. The maximum Gasteiger partial charge on any atom is 0.0992 e. The van der Waals surface area contributed by atoms with Crippen LogP contribution in [0.1, 0.15) is 12.5 Å². The Labute approximate surface area is 98.9 Å². The summed E-state index contributed by atoms with van der Waals surface area (Å²) >= 11 is 6.11. The molecule has 16 heavy (non-hydrogen) atoms. The van der Waals surface area contributed by atoms with E-state index in [1.807, 2.05) is 23.9 Å². The van der Waals surface area contributed by atoms with Crippen LogP contribution in [0, 0.1) is 11.3 Å². The lowest BCUT2D eigenvalue weighted by Gasteiger charge is -2.00. The highest BCUT2D eigenvalue weighted by Crippen LogP contribution is 2.28. The molecule has 80 valence electrons. The third kappa shape index (κ3) is 1.93. The van der Waals surface area contributed by atoms with Crippen molar-refractivity contribution in [3.8, 4) is 17.2 Å². The summed E-state index contributed by atoms with van der Waals surface area (Å²) in [6, 6.07) is 7.32. The van der Waals surface area contributed by atoms with Crippen LogP contribution < -0.4 is 0 Å². The Morgan fingerprint density at radius 3 is 2.88 bits per heavy atom. The van der Waals surface area contributed by atoms with E-state index < -0.39 is 0 Å². The molecule has 0 saturated heterocycles. The van der Waals surface area contributed by atoms with Crippen LogP contribution in [0.2, 0.25) is 5.02 Å². The molecule has 0 bridgehead atoms. The van der Waals surface area contributed by atoms with E-state index in [1.165, 1.54) is 0 Å². The molecule has 2 aromatic rings. The maximum absolute atomic E-state index is 8.74. The summed E-state index contributed by atoms with van der Waals surface area (Å²) in [5.74, 6) is 0. The summed E-state index contributed by atoms with van der Waals surface area (Å²) in [5, 5.41) is 13.5. The molecular formula is C12H10ClN3. The summed E-state index contributed by atoms with van der Waals surface area (Å²) in [5.41, 5.74) is 2.44. The molecule has 1 heterocycles. The van der Waals surface area contributed by atoms with Gasteiger partial charge in [0.15, 0.2) is 0 Å². The number of hydrogen-bond acceptors (Lipinski definition) is 2. The van der Waals surface area contributed by atoms with Gasteiger partial charge in [0.1, 0.15) is 0 Å². The zero-order chi connectivity index (χ0) is 11.5. The third-order valence-corrected chi connectivity index (χ3v) is 2.68. The number of aromatic nitrogens is 2. The van der Waals surface area contributed by atoms with Crippen LogP contribution in [0.5, 0.6) is 0 Å². The monoisotopic (exact) mass is 231 g/mol. The number of benzene rings is 1. The van der Waals surface area contributed by atoms with Crippen LogP contribution >= 0.6 is 11.6 Å². The van der Waals surface area contributed by atoms with E-state index in [0.29, 0.717) is 10.6 Å². The highest BCUT2D eigenvalue weighted by atomic mass is 35.5. The van der Waals surface area contributed by atoms with Crippen LogP contribution in [-0.4, -0.2) is 9.78 Å². The number of nitriles is 1. The summed E-state index contributed by atoms with van der Waals surface area (Å²) in [7, 11) is 0. The number of hydrogen-bond donors (Lipinski definition) is 0. The Hall–Kier alpha value is -1.79. The van der Waals surface area contributed by atoms with Gasteiger partial charge in [-0.25, -0.2) is 0 Å².